The molecule has 0 aliphatic heterocycles. The second-order valence-electron chi connectivity index (χ2n) is 5.06. The third-order valence-corrected chi connectivity index (χ3v) is 6.37. The number of rotatable bonds is 15. The first kappa shape index (κ1) is 20.5. The first-order valence-electron chi connectivity index (χ1n) is 7.68. The Morgan fingerprint density at radius 2 is 1.43 bits per heavy atom. The molecule has 7 heteroatoms. The fourth-order valence-corrected chi connectivity index (χ4v) is 3.97. The van der Waals surface area contributed by atoms with Gasteiger partial charge in [0.2, 0.25) is 0 Å². The van der Waals surface area contributed by atoms with E-state index in [1.165, 1.54) is 19.3 Å². The minimum absolute atomic E-state index is 0.199. The number of aliphatic carboxylic acids is 1. The Labute approximate surface area is 129 Å². The molecule has 21 heavy (non-hydrogen) atoms. The molecule has 2 N–H and O–H groups in total. The maximum absolute atomic E-state index is 10.3. The van der Waals surface area contributed by atoms with Gasteiger partial charge in [-0.15, -0.1) is 0 Å². The number of hydrogen-bond donors (Lipinski definition) is 2. The number of carboxylic acid groups (broad SMARTS) is 1. The van der Waals surface area contributed by atoms with Crippen LogP contribution in [0.1, 0.15) is 44.9 Å². The van der Waals surface area contributed by atoms with Crippen molar-refractivity contribution in [2.24, 2.45) is 0 Å². The molecule has 0 amide bonds. The summed E-state index contributed by atoms with van der Waals surface area (Å²) in [6.45, 7) is 1.47. The zero-order valence-electron chi connectivity index (χ0n) is 13.7. The molecule has 0 rings (SSSR count). The van der Waals surface area contributed by atoms with Crippen LogP contribution in [0.2, 0.25) is 6.04 Å². The molecule has 0 radical (unpaired) electrons. The van der Waals surface area contributed by atoms with Crippen LogP contribution in [-0.4, -0.2) is 54.3 Å². The van der Waals surface area contributed by atoms with E-state index in [9.17, 15) is 4.79 Å². The average molecular weight is 321 g/mol. The first-order valence-corrected chi connectivity index (χ1v) is 9.61. The van der Waals surface area contributed by atoms with Crippen LogP contribution in [0, 0.1) is 0 Å². The largest absolute Gasteiger partial charge is 0.500 e. The Bertz CT molecular complexity index is 253. The summed E-state index contributed by atoms with van der Waals surface area (Å²) in [7, 11) is 2.57. The van der Waals surface area contributed by atoms with Crippen molar-refractivity contribution in [1.82, 2.24) is 5.32 Å². The van der Waals surface area contributed by atoms with Crippen LogP contribution in [0.15, 0.2) is 0 Å². The highest BCUT2D eigenvalue weighted by atomic mass is 28.4. The van der Waals surface area contributed by atoms with Gasteiger partial charge in [-0.2, -0.15) is 0 Å². The molecule has 0 bridgehead atoms. The Balaban J connectivity index is 3.34. The summed E-state index contributed by atoms with van der Waals surface area (Å²) in [6.07, 6.45) is 7.13. The van der Waals surface area contributed by atoms with Gasteiger partial charge in [0.25, 0.3) is 0 Å². The molecular weight excluding hydrogens is 290 g/mol. The molecule has 0 unspecified atom stereocenters. The summed E-state index contributed by atoms with van der Waals surface area (Å²) in [5.74, 6) is -0.745. The van der Waals surface area contributed by atoms with Crippen LogP contribution in [-0.2, 0) is 18.1 Å². The molecule has 0 saturated carbocycles. The van der Waals surface area contributed by atoms with Crippen molar-refractivity contribution in [2.75, 3.05) is 34.4 Å². The van der Waals surface area contributed by atoms with Crippen molar-refractivity contribution in [3.8, 4) is 0 Å². The standard InChI is InChI=1S/C14H31NO5Si/c1-18-21(19-2,20-3)13-9-7-5-4-6-8-11-15-12-10-14(16)17/h15H,4-13H2,1-3H3,(H,16,17). The molecule has 6 nitrogen and oxygen atoms in total. The zero-order chi connectivity index (χ0) is 16.0. The molecule has 126 valence electrons. The van der Waals surface area contributed by atoms with Crippen molar-refractivity contribution in [1.29, 1.82) is 0 Å². The van der Waals surface area contributed by atoms with Crippen LogP contribution in [0.4, 0.5) is 0 Å². The van der Waals surface area contributed by atoms with Crippen LogP contribution in [0.5, 0.6) is 0 Å². The molecule has 0 heterocycles. The molecule has 0 aromatic heterocycles. The number of carbonyl (C=O) groups is 1. The summed E-state index contributed by atoms with van der Waals surface area (Å²) in [6, 6.07) is 0.868. The lowest BCUT2D eigenvalue weighted by atomic mass is 10.1. The fourth-order valence-electron chi connectivity index (χ4n) is 2.18. The van der Waals surface area contributed by atoms with Crippen molar-refractivity contribution < 1.29 is 23.2 Å². The number of nitrogens with one attached hydrogen (secondary N) is 1. The summed E-state index contributed by atoms with van der Waals surface area (Å²) in [4.78, 5) is 10.3. The van der Waals surface area contributed by atoms with E-state index in [4.69, 9.17) is 18.4 Å². The van der Waals surface area contributed by atoms with E-state index in [0.717, 1.165) is 31.9 Å². The van der Waals surface area contributed by atoms with Gasteiger partial charge >= 0.3 is 14.8 Å². The minimum Gasteiger partial charge on any atom is -0.481 e. The van der Waals surface area contributed by atoms with E-state index < -0.39 is 14.8 Å². The average Bonchev–Trinajstić information content (AvgIpc) is 2.49. The van der Waals surface area contributed by atoms with E-state index in [-0.39, 0.29) is 6.42 Å². The lowest BCUT2D eigenvalue weighted by Crippen LogP contribution is -2.42. The Hall–Kier alpha value is -0.473. The summed E-state index contributed by atoms with van der Waals surface area (Å²) in [5.41, 5.74) is 0. The molecular formula is C14H31NO5Si. The van der Waals surface area contributed by atoms with E-state index in [1.54, 1.807) is 21.3 Å². The highest BCUT2D eigenvalue weighted by Crippen LogP contribution is 2.18. The van der Waals surface area contributed by atoms with Gasteiger partial charge in [0.15, 0.2) is 0 Å². The molecule has 0 spiro atoms. The molecule has 0 aromatic carbocycles. The predicted molar refractivity (Wildman–Crippen MR) is 84.4 cm³/mol. The SMILES string of the molecule is CO[Si](CCCCCCCCNCCC(=O)O)(OC)OC. The van der Waals surface area contributed by atoms with Crippen molar-refractivity contribution in [2.45, 2.75) is 51.0 Å². The van der Waals surface area contributed by atoms with Crippen LogP contribution in [0.3, 0.4) is 0 Å². The molecule has 0 aliphatic rings. The van der Waals surface area contributed by atoms with Gasteiger partial charge in [-0.25, -0.2) is 0 Å². The van der Waals surface area contributed by atoms with Gasteiger partial charge in [-0.05, 0) is 19.4 Å². The highest BCUT2D eigenvalue weighted by Gasteiger charge is 2.36. The van der Waals surface area contributed by atoms with Crippen LogP contribution in [0.25, 0.3) is 0 Å². The number of carboxylic acids is 1. The van der Waals surface area contributed by atoms with Crippen LogP contribution >= 0.6 is 0 Å². The zero-order valence-corrected chi connectivity index (χ0v) is 14.7. The summed E-state index contributed by atoms with van der Waals surface area (Å²) >= 11 is 0. The maximum Gasteiger partial charge on any atom is 0.500 e. The highest BCUT2D eigenvalue weighted by molar-refractivity contribution is 6.60. The lowest BCUT2D eigenvalue weighted by molar-refractivity contribution is -0.136. The maximum atomic E-state index is 10.3. The second kappa shape index (κ2) is 13.2. The Morgan fingerprint density at radius 3 is 1.95 bits per heavy atom. The van der Waals surface area contributed by atoms with Gasteiger partial charge in [0.05, 0.1) is 6.42 Å². The molecule has 0 aromatic rings. The van der Waals surface area contributed by atoms with Gasteiger partial charge in [-0.3, -0.25) is 4.79 Å². The quantitative estimate of drug-likeness (QED) is 0.356. The van der Waals surface area contributed by atoms with E-state index in [0.29, 0.717) is 6.54 Å². The number of unbranched alkanes of at least 4 members (excludes halogenated alkanes) is 5. The van der Waals surface area contributed by atoms with Gasteiger partial charge in [-0.1, -0.05) is 25.7 Å². The Morgan fingerprint density at radius 1 is 0.905 bits per heavy atom. The predicted octanol–water partition coefficient (Wildman–Crippen LogP) is 2.27. The van der Waals surface area contributed by atoms with Gasteiger partial charge in [0, 0.05) is 33.9 Å². The second-order valence-corrected chi connectivity index (χ2v) is 8.15. The Kier molecular flexibility index (Phi) is 12.9. The molecule has 0 aliphatic carbocycles. The van der Waals surface area contributed by atoms with E-state index >= 15 is 0 Å². The van der Waals surface area contributed by atoms with Crippen LogP contribution < -0.4 is 5.32 Å². The summed E-state index contributed by atoms with van der Waals surface area (Å²) in [5, 5.41) is 11.6. The molecule has 0 fully saturated rings. The van der Waals surface area contributed by atoms with Gasteiger partial charge in [0.1, 0.15) is 0 Å². The van der Waals surface area contributed by atoms with Crippen molar-refractivity contribution in [3.63, 3.8) is 0 Å². The third-order valence-electron chi connectivity index (χ3n) is 3.54. The number of hydrogen-bond acceptors (Lipinski definition) is 5. The van der Waals surface area contributed by atoms with E-state index in [2.05, 4.69) is 5.32 Å². The van der Waals surface area contributed by atoms with Crippen molar-refractivity contribution in [3.05, 3.63) is 0 Å². The fraction of sp³-hybridized carbons (Fsp3) is 0.929. The summed E-state index contributed by atoms with van der Waals surface area (Å²) < 4.78 is 16.1. The topological polar surface area (TPSA) is 77.0 Å². The first-order chi connectivity index (χ1) is 10.1. The smallest absolute Gasteiger partial charge is 0.481 e. The van der Waals surface area contributed by atoms with Gasteiger partial charge < -0.3 is 23.7 Å². The monoisotopic (exact) mass is 321 g/mol. The normalized spacial score (nSPS) is 11.8. The molecule has 0 atom stereocenters. The van der Waals surface area contributed by atoms with E-state index in [1.807, 2.05) is 0 Å². The minimum atomic E-state index is -2.38. The third kappa shape index (κ3) is 10.8. The van der Waals surface area contributed by atoms with Crippen molar-refractivity contribution >= 4 is 14.8 Å². The molecule has 0 saturated heterocycles. The lowest BCUT2D eigenvalue weighted by Gasteiger charge is -2.24.